The fourth-order valence-corrected chi connectivity index (χ4v) is 4.03. The van der Waals surface area contributed by atoms with Crippen LogP contribution in [0, 0.1) is 0 Å². The van der Waals surface area contributed by atoms with Crippen molar-refractivity contribution in [1.29, 1.82) is 0 Å². The fourth-order valence-electron chi connectivity index (χ4n) is 2.10. The van der Waals surface area contributed by atoms with Crippen molar-refractivity contribution in [3.05, 3.63) is 24.3 Å². The first-order valence-corrected chi connectivity index (χ1v) is 8.43. The molecule has 0 bridgehead atoms. The van der Waals surface area contributed by atoms with Gasteiger partial charge in [-0.25, -0.2) is 0 Å². The van der Waals surface area contributed by atoms with Crippen LogP contribution < -0.4 is 21.5 Å². The topological polar surface area (TPSA) is 41.2 Å². The third-order valence-electron chi connectivity index (χ3n) is 3.02. The summed E-state index contributed by atoms with van der Waals surface area (Å²) in [6.45, 7) is 0.972. The first kappa shape index (κ1) is 17.5. The number of aromatic nitrogens is 1. The lowest BCUT2D eigenvalue weighted by atomic mass is 10.2. The maximum Gasteiger partial charge on any atom is 0.303 e. The summed E-state index contributed by atoms with van der Waals surface area (Å²) in [6.07, 6.45) is 5.16. The quantitative estimate of drug-likeness (QED) is 0.436. The molecule has 0 saturated carbocycles. The molecule has 20 heavy (non-hydrogen) atoms. The number of carboxylic acids is 1. The van der Waals surface area contributed by atoms with Crippen LogP contribution >= 0.6 is 23.1 Å². The molecule has 1 aromatic heterocycles. The predicted octanol–water partition coefficient (Wildman–Crippen LogP) is 0.560. The van der Waals surface area contributed by atoms with Gasteiger partial charge in [-0.3, -0.25) is 4.79 Å². The van der Waals surface area contributed by atoms with Crippen LogP contribution in [-0.2, 0) is 11.3 Å². The molecule has 2 aromatic rings. The minimum absolute atomic E-state index is 0. The Balaban J connectivity index is 0.00000200. The summed E-state index contributed by atoms with van der Waals surface area (Å²) in [4.78, 5) is 10.5. The molecule has 110 valence electrons. The van der Waals surface area contributed by atoms with Gasteiger partial charge in [0.15, 0.2) is 6.54 Å². The number of nitrogens with zero attached hydrogens (tertiary/aromatic N) is 1. The molecule has 0 radical (unpaired) electrons. The summed E-state index contributed by atoms with van der Waals surface area (Å²) >= 11 is 3.60. The van der Waals surface area contributed by atoms with E-state index >= 15 is 0 Å². The maximum atomic E-state index is 10.5. The fraction of sp³-hybridized carbons (Fsp3) is 0.429. The summed E-state index contributed by atoms with van der Waals surface area (Å²) in [5.74, 6) is -0.696. The standard InChI is InChI=1S/C14H17NO2S2.BrH/c1-18-14-15(10-6-2-3-9-13(16)17)11-7-4-5-8-12(11)19-14;/h4-5,7-8H,2-3,6,9-10H2,1H3;1H. The van der Waals surface area contributed by atoms with Crippen LogP contribution in [0.15, 0.2) is 28.6 Å². The first-order chi connectivity index (χ1) is 9.22. The van der Waals surface area contributed by atoms with E-state index in [2.05, 4.69) is 35.1 Å². The molecule has 0 spiro atoms. The van der Waals surface area contributed by atoms with Crippen LogP contribution in [0.4, 0.5) is 0 Å². The number of hydrogen-bond acceptors (Lipinski definition) is 3. The molecule has 1 aromatic carbocycles. The van der Waals surface area contributed by atoms with Crippen LogP contribution in [0.1, 0.15) is 25.7 Å². The lowest BCUT2D eigenvalue weighted by molar-refractivity contribution is -0.702. The summed E-state index contributed by atoms with van der Waals surface area (Å²) in [6, 6.07) is 8.45. The number of fused-ring (bicyclic) bond motifs is 1. The Morgan fingerprint density at radius 3 is 2.75 bits per heavy atom. The number of thioether (sulfide) groups is 1. The van der Waals surface area contributed by atoms with Crippen molar-refractivity contribution in [2.24, 2.45) is 0 Å². The number of halogens is 1. The molecule has 6 heteroatoms. The number of benzene rings is 1. The van der Waals surface area contributed by atoms with Gasteiger partial charge in [0.25, 0.3) is 4.34 Å². The minimum atomic E-state index is -0.696. The van der Waals surface area contributed by atoms with Crippen molar-refractivity contribution in [2.75, 3.05) is 6.26 Å². The molecule has 0 saturated heterocycles. The predicted molar refractivity (Wildman–Crippen MR) is 79.9 cm³/mol. The average Bonchev–Trinajstić information content (AvgIpc) is 2.76. The van der Waals surface area contributed by atoms with Gasteiger partial charge in [-0.2, -0.15) is 4.57 Å². The lowest BCUT2D eigenvalue weighted by Gasteiger charge is -1.98. The van der Waals surface area contributed by atoms with Crippen LogP contribution in [0.3, 0.4) is 0 Å². The van der Waals surface area contributed by atoms with E-state index in [1.165, 1.54) is 14.6 Å². The normalized spacial score (nSPS) is 10.4. The van der Waals surface area contributed by atoms with Gasteiger partial charge < -0.3 is 22.1 Å². The molecule has 0 aliphatic carbocycles. The van der Waals surface area contributed by atoms with E-state index in [9.17, 15) is 4.79 Å². The van der Waals surface area contributed by atoms with Crippen LogP contribution in [0.2, 0.25) is 0 Å². The Bertz CT molecular complexity index is 571. The third-order valence-corrected chi connectivity index (χ3v) is 5.30. The zero-order valence-corrected chi connectivity index (χ0v) is 14.6. The Morgan fingerprint density at radius 2 is 2.05 bits per heavy atom. The van der Waals surface area contributed by atoms with Crippen molar-refractivity contribution < 1.29 is 31.4 Å². The second kappa shape index (κ2) is 8.64. The summed E-state index contributed by atoms with van der Waals surface area (Å²) in [7, 11) is 0. The second-order valence-corrected chi connectivity index (χ2v) is 6.48. The maximum absolute atomic E-state index is 10.5. The smallest absolute Gasteiger partial charge is 0.303 e. The molecule has 0 aliphatic rings. The lowest BCUT2D eigenvalue weighted by Crippen LogP contribution is -3.00. The van der Waals surface area contributed by atoms with E-state index in [-0.39, 0.29) is 23.4 Å². The van der Waals surface area contributed by atoms with Crippen molar-refractivity contribution in [3.8, 4) is 0 Å². The van der Waals surface area contributed by atoms with Crippen molar-refractivity contribution in [1.82, 2.24) is 0 Å². The van der Waals surface area contributed by atoms with Crippen LogP contribution in [-0.4, -0.2) is 17.3 Å². The van der Waals surface area contributed by atoms with E-state index in [1.807, 2.05) is 11.3 Å². The van der Waals surface area contributed by atoms with E-state index in [0.717, 1.165) is 25.8 Å². The zero-order chi connectivity index (χ0) is 13.7. The number of hydrogen-bond donors (Lipinski definition) is 1. The Hall–Kier alpha value is -0.590. The molecule has 1 heterocycles. The Labute approximate surface area is 137 Å². The number of aryl methyl sites for hydroxylation is 1. The molecule has 0 amide bonds. The minimum Gasteiger partial charge on any atom is -1.00 e. The highest BCUT2D eigenvalue weighted by Gasteiger charge is 2.18. The SMILES string of the molecule is CSc1sc2ccccc2[n+]1CCCCCC(=O)O.[Br-]. The van der Waals surface area contributed by atoms with Crippen molar-refractivity contribution in [3.63, 3.8) is 0 Å². The molecule has 0 aliphatic heterocycles. The van der Waals surface area contributed by atoms with E-state index in [4.69, 9.17) is 5.11 Å². The van der Waals surface area contributed by atoms with Gasteiger partial charge in [0, 0.05) is 18.9 Å². The van der Waals surface area contributed by atoms with Crippen molar-refractivity contribution >= 4 is 39.3 Å². The highest BCUT2D eigenvalue weighted by atomic mass is 79.9. The molecule has 0 atom stereocenters. The van der Waals surface area contributed by atoms with E-state index in [1.54, 1.807) is 11.8 Å². The number of carboxylic acid groups (broad SMARTS) is 1. The van der Waals surface area contributed by atoms with Gasteiger partial charge >= 0.3 is 5.97 Å². The van der Waals surface area contributed by atoms with Gasteiger partial charge in [0.2, 0.25) is 5.52 Å². The molecule has 0 fully saturated rings. The second-order valence-electron chi connectivity index (χ2n) is 4.40. The molecule has 0 unspecified atom stereocenters. The summed E-state index contributed by atoms with van der Waals surface area (Å²) < 4.78 is 4.99. The van der Waals surface area contributed by atoms with Gasteiger partial charge in [0.05, 0.1) is 0 Å². The van der Waals surface area contributed by atoms with Crippen LogP contribution in [0.25, 0.3) is 10.2 Å². The number of unbranched alkanes of at least 4 members (excludes halogenated alkanes) is 2. The largest absolute Gasteiger partial charge is 1.00 e. The molecule has 1 N–H and O–H groups in total. The number of para-hydroxylation sites is 1. The molecule has 3 nitrogen and oxygen atoms in total. The van der Waals surface area contributed by atoms with E-state index < -0.39 is 5.97 Å². The highest BCUT2D eigenvalue weighted by Crippen LogP contribution is 2.26. The molecular weight excluding hydrogens is 358 g/mol. The third kappa shape index (κ3) is 4.46. The number of carbonyl (C=O) groups is 1. The summed E-state index contributed by atoms with van der Waals surface area (Å²) in [5, 5.41) is 8.61. The number of aliphatic carboxylic acids is 1. The Morgan fingerprint density at radius 1 is 1.30 bits per heavy atom. The monoisotopic (exact) mass is 375 g/mol. The molecular formula is C14H18BrNO2S2. The van der Waals surface area contributed by atoms with E-state index in [0.29, 0.717) is 0 Å². The average molecular weight is 376 g/mol. The van der Waals surface area contributed by atoms with Gasteiger partial charge in [0.1, 0.15) is 4.70 Å². The van der Waals surface area contributed by atoms with Gasteiger partial charge in [-0.15, -0.1) is 0 Å². The molecule has 2 rings (SSSR count). The zero-order valence-electron chi connectivity index (χ0n) is 11.3. The number of rotatable bonds is 7. The Kier molecular flexibility index (Phi) is 7.55. The van der Waals surface area contributed by atoms with Gasteiger partial charge in [-0.05, 0) is 36.9 Å². The first-order valence-electron chi connectivity index (χ1n) is 6.39. The number of thiazole rings is 1. The van der Waals surface area contributed by atoms with Crippen LogP contribution in [0.5, 0.6) is 0 Å². The van der Waals surface area contributed by atoms with Crippen molar-refractivity contribution in [2.45, 2.75) is 36.6 Å². The summed E-state index contributed by atoms with van der Waals surface area (Å²) in [5.41, 5.74) is 1.29. The highest BCUT2D eigenvalue weighted by molar-refractivity contribution is 8.00. The van der Waals surface area contributed by atoms with Gasteiger partial charge in [-0.1, -0.05) is 23.5 Å².